The average molecular weight is 385 g/mol. The summed E-state index contributed by atoms with van der Waals surface area (Å²) in [7, 11) is 0. The summed E-state index contributed by atoms with van der Waals surface area (Å²) in [5.74, 6) is 0.717. The summed E-state index contributed by atoms with van der Waals surface area (Å²) in [6.07, 6.45) is 1.74. The van der Waals surface area contributed by atoms with E-state index in [9.17, 15) is 0 Å². The van der Waals surface area contributed by atoms with Gasteiger partial charge in [0.1, 0.15) is 5.03 Å². The molecule has 2 heterocycles. The van der Waals surface area contributed by atoms with Crippen LogP contribution in [0, 0.1) is 6.92 Å². The number of hydrogen-bond acceptors (Lipinski definition) is 6. The first-order valence-corrected chi connectivity index (χ1v) is 8.89. The standard InChI is InChI=1S/C18H17ClN6S/c1-12-5-4-6-13(9-12)11-24-17(21-22-23-24)14-10-20-25(18(14)26)16-8-3-2-7-15(16)19/h2-10,22-23,26H,11H2,1H3. The highest BCUT2D eigenvalue weighted by Gasteiger charge is 2.24. The van der Waals surface area contributed by atoms with E-state index in [4.69, 9.17) is 11.6 Å². The molecule has 3 aromatic rings. The van der Waals surface area contributed by atoms with E-state index in [-0.39, 0.29) is 0 Å². The molecule has 1 aromatic heterocycles. The topological polar surface area (TPSA) is 57.5 Å². The van der Waals surface area contributed by atoms with Gasteiger partial charge in [-0.15, -0.1) is 23.3 Å². The van der Waals surface area contributed by atoms with E-state index in [0.29, 0.717) is 16.6 Å². The van der Waals surface area contributed by atoms with Gasteiger partial charge in [0.25, 0.3) is 0 Å². The molecule has 26 heavy (non-hydrogen) atoms. The summed E-state index contributed by atoms with van der Waals surface area (Å²) in [4.78, 5) is 0. The number of rotatable bonds is 4. The number of halogens is 1. The Bertz CT molecular complexity index is 983. The van der Waals surface area contributed by atoms with Crippen molar-refractivity contribution in [1.29, 1.82) is 0 Å². The maximum atomic E-state index is 6.29. The van der Waals surface area contributed by atoms with Crippen molar-refractivity contribution in [3.05, 3.63) is 76.4 Å². The molecule has 0 unspecified atom stereocenters. The highest BCUT2D eigenvalue weighted by Crippen LogP contribution is 2.26. The van der Waals surface area contributed by atoms with Crippen LogP contribution in [0.25, 0.3) is 5.69 Å². The predicted octanol–water partition coefficient (Wildman–Crippen LogP) is 3.31. The zero-order chi connectivity index (χ0) is 18.1. The first-order chi connectivity index (χ1) is 12.6. The largest absolute Gasteiger partial charge is 0.266 e. The van der Waals surface area contributed by atoms with Gasteiger partial charge < -0.3 is 0 Å². The van der Waals surface area contributed by atoms with Crippen molar-refractivity contribution in [3.63, 3.8) is 0 Å². The van der Waals surface area contributed by atoms with E-state index in [0.717, 1.165) is 17.1 Å². The van der Waals surface area contributed by atoms with Crippen LogP contribution >= 0.6 is 24.2 Å². The predicted molar refractivity (Wildman–Crippen MR) is 105 cm³/mol. The second kappa shape index (κ2) is 7.03. The summed E-state index contributed by atoms with van der Waals surface area (Å²) >= 11 is 10.9. The van der Waals surface area contributed by atoms with Gasteiger partial charge in [-0.25, -0.2) is 10.2 Å². The highest BCUT2D eigenvalue weighted by atomic mass is 35.5. The number of nitrogens with zero attached hydrogens (tertiary/aromatic N) is 4. The molecule has 0 spiro atoms. The molecular weight excluding hydrogens is 368 g/mol. The molecule has 8 heteroatoms. The first-order valence-electron chi connectivity index (χ1n) is 8.07. The van der Waals surface area contributed by atoms with Gasteiger partial charge in [-0.05, 0) is 24.6 Å². The third kappa shape index (κ3) is 3.16. The van der Waals surface area contributed by atoms with E-state index < -0.39 is 0 Å². The van der Waals surface area contributed by atoms with E-state index >= 15 is 0 Å². The zero-order valence-electron chi connectivity index (χ0n) is 14.0. The summed E-state index contributed by atoms with van der Waals surface area (Å²) in [5.41, 5.74) is 9.82. The number of aryl methyl sites for hydroxylation is 1. The van der Waals surface area contributed by atoms with Crippen LogP contribution in [-0.4, -0.2) is 20.6 Å². The first kappa shape index (κ1) is 17.0. The van der Waals surface area contributed by atoms with Gasteiger partial charge in [-0.3, -0.25) is 5.01 Å². The van der Waals surface area contributed by atoms with E-state index in [1.807, 2.05) is 35.3 Å². The van der Waals surface area contributed by atoms with E-state index in [1.165, 1.54) is 11.1 Å². The number of hydrogen-bond donors (Lipinski definition) is 3. The number of hydrazone groups is 1. The van der Waals surface area contributed by atoms with Crippen LogP contribution in [-0.2, 0) is 6.54 Å². The molecule has 0 aliphatic carbocycles. The van der Waals surface area contributed by atoms with Gasteiger partial charge in [0.2, 0.25) is 0 Å². The van der Waals surface area contributed by atoms with Crippen LogP contribution in [0.3, 0.4) is 0 Å². The Morgan fingerprint density at radius 2 is 2.00 bits per heavy atom. The Labute approximate surface area is 161 Å². The number of benzene rings is 2. The van der Waals surface area contributed by atoms with Crippen LogP contribution in [0.15, 0.2) is 64.9 Å². The van der Waals surface area contributed by atoms with Crippen LogP contribution in [0.2, 0.25) is 5.02 Å². The molecule has 0 atom stereocenters. The third-order valence-electron chi connectivity index (χ3n) is 4.09. The fourth-order valence-corrected chi connectivity index (χ4v) is 3.40. The van der Waals surface area contributed by atoms with Crippen LogP contribution in [0.1, 0.15) is 16.7 Å². The molecule has 0 amide bonds. The van der Waals surface area contributed by atoms with Crippen molar-refractivity contribution in [2.45, 2.75) is 18.5 Å². The highest BCUT2D eigenvalue weighted by molar-refractivity contribution is 7.80. The molecule has 6 nitrogen and oxygen atoms in total. The lowest BCUT2D eigenvalue weighted by molar-refractivity contribution is 0.288. The molecule has 4 rings (SSSR count). The number of hydrazine groups is 2. The number of amidine groups is 1. The summed E-state index contributed by atoms with van der Waals surface area (Å²) in [6, 6.07) is 15.9. The van der Waals surface area contributed by atoms with Crippen LogP contribution in [0.4, 0.5) is 0 Å². The lowest BCUT2D eigenvalue weighted by atomic mass is 10.1. The monoisotopic (exact) mass is 384 g/mol. The van der Waals surface area contributed by atoms with Gasteiger partial charge in [-0.2, -0.15) is 5.10 Å². The lowest BCUT2D eigenvalue weighted by Crippen LogP contribution is -2.40. The quantitative estimate of drug-likeness (QED) is 0.604. The van der Waals surface area contributed by atoms with Crippen molar-refractivity contribution in [2.24, 2.45) is 5.10 Å². The Morgan fingerprint density at radius 3 is 2.81 bits per heavy atom. The Hall–Kier alpha value is -2.48. The Morgan fingerprint density at radius 1 is 1.15 bits per heavy atom. The molecule has 2 N–H and O–H groups in total. The van der Waals surface area contributed by atoms with Crippen molar-refractivity contribution >= 4 is 30.1 Å². The maximum Gasteiger partial charge on any atom is 0.177 e. The minimum atomic E-state index is 0.610. The third-order valence-corrected chi connectivity index (χ3v) is 4.84. The second-order valence-electron chi connectivity index (χ2n) is 5.98. The second-order valence-corrected chi connectivity index (χ2v) is 6.81. The van der Waals surface area contributed by atoms with Gasteiger partial charge in [0.05, 0.1) is 29.0 Å². The fraction of sp³-hybridized carbons (Fsp3) is 0.111. The van der Waals surface area contributed by atoms with Gasteiger partial charge in [-0.1, -0.05) is 53.6 Å². The summed E-state index contributed by atoms with van der Waals surface area (Å²) in [5, 5.41) is 12.0. The van der Waals surface area contributed by atoms with Crippen LogP contribution in [0.5, 0.6) is 0 Å². The van der Waals surface area contributed by atoms with Gasteiger partial charge in [0.15, 0.2) is 5.84 Å². The normalized spacial score (nSPS) is 13.7. The fourth-order valence-electron chi connectivity index (χ4n) is 2.86. The van der Waals surface area contributed by atoms with Crippen molar-refractivity contribution in [3.8, 4) is 5.69 Å². The Kier molecular flexibility index (Phi) is 4.58. The molecule has 1 aliphatic heterocycles. The molecule has 1 aliphatic rings. The SMILES string of the molecule is Cc1cccc(CN2NNN=C2c2cnn(-c3ccccc3Cl)c2S)c1. The Balaban J connectivity index is 1.64. The number of nitrogens with one attached hydrogen (secondary N) is 2. The smallest absolute Gasteiger partial charge is 0.177 e. The zero-order valence-corrected chi connectivity index (χ0v) is 15.7. The summed E-state index contributed by atoms with van der Waals surface area (Å²) in [6.45, 7) is 2.73. The van der Waals surface area contributed by atoms with Crippen LogP contribution < -0.4 is 11.1 Å². The molecule has 0 bridgehead atoms. The lowest BCUT2D eigenvalue weighted by Gasteiger charge is -2.19. The number of aromatic nitrogens is 2. The van der Waals surface area contributed by atoms with Crippen molar-refractivity contribution in [2.75, 3.05) is 0 Å². The van der Waals surface area contributed by atoms with Crippen molar-refractivity contribution < 1.29 is 0 Å². The number of para-hydroxylation sites is 1. The summed E-state index contributed by atoms with van der Waals surface area (Å²) < 4.78 is 1.70. The molecule has 0 saturated carbocycles. The van der Waals surface area contributed by atoms with E-state index in [2.05, 4.69) is 59.0 Å². The minimum Gasteiger partial charge on any atom is -0.266 e. The van der Waals surface area contributed by atoms with Crippen molar-refractivity contribution in [1.82, 2.24) is 25.9 Å². The van der Waals surface area contributed by atoms with Gasteiger partial charge >= 0.3 is 0 Å². The molecule has 0 radical (unpaired) electrons. The van der Waals surface area contributed by atoms with E-state index in [1.54, 1.807) is 10.9 Å². The molecule has 132 valence electrons. The minimum absolute atomic E-state index is 0.610. The number of thiol groups is 1. The molecular formula is C18H17ClN6S. The molecule has 2 aromatic carbocycles. The maximum absolute atomic E-state index is 6.29. The van der Waals surface area contributed by atoms with Gasteiger partial charge in [0, 0.05) is 0 Å². The molecule has 0 saturated heterocycles. The average Bonchev–Trinajstić information content (AvgIpc) is 3.22. The molecule has 0 fully saturated rings.